The fourth-order valence-corrected chi connectivity index (χ4v) is 1.47. The molecule has 3 N–H and O–H groups in total. The molecular formula is C13H16N2O6. The number of benzene rings is 1. The molecule has 0 atom stereocenters. The molecule has 0 fully saturated rings. The molecule has 0 aromatic heterocycles. The molecular weight excluding hydrogens is 280 g/mol. The highest BCUT2D eigenvalue weighted by molar-refractivity contribution is 5.95. The van der Waals surface area contributed by atoms with Crippen LogP contribution in [0.15, 0.2) is 18.2 Å². The minimum Gasteiger partial charge on any atom is -0.495 e. The van der Waals surface area contributed by atoms with Gasteiger partial charge in [-0.3, -0.25) is 4.79 Å². The molecule has 21 heavy (non-hydrogen) atoms. The van der Waals surface area contributed by atoms with Crippen molar-refractivity contribution in [2.75, 3.05) is 25.6 Å². The Morgan fingerprint density at radius 3 is 2.57 bits per heavy atom. The fraction of sp³-hybridized carbons (Fsp3) is 0.308. The molecule has 1 aromatic carbocycles. The van der Waals surface area contributed by atoms with Gasteiger partial charge in [0.15, 0.2) is 0 Å². The molecule has 0 aliphatic carbocycles. The predicted octanol–water partition coefficient (Wildman–Crippen LogP) is 1.08. The van der Waals surface area contributed by atoms with Crippen molar-refractivity contribution < 1.29 is 29.0 Å². The highest BCUT2D eigenvalue weighted by Gasteiger charge is 2.12. The third-order valence-corrected chi connectivity index (χ3v) is 2.39. The van der Waals surface area contributed by atoms with E-state index in [0.717, 1.165) is 0 Å². The maximum Gasteiger partial charge on any atom is 0.335 e. The van der Waals surface area contributed by atoms with Gasteiger partial charge in [-0.05, 0) is 25.1 Å². The van der Waals surface area contributed by atoms with Crippen LogP contribution in [0, 0.1) is 0 Å². The van der Waals surface area contributed by atoms with Gasteiger partial charge in [0.2, 0.25) is 0 Å². The van der Waals surface area contributed by atoms with E-state index in [1.54, 1.807) is 6.92 Å². The summed E-state index contributed by atoms with van der Waals surface area (Å²) in [4.78, 5) is 33.6. The van der Waals surface area contributed by atoms with Crippen LogP contribution in [-0.4, -0.2) is 43.3 Å². The van der Waals surface area contributed by atoms with E-state index in [4.69, 9.17) is 9.84 Å². The van der Waals surface area contributed by atoms with Gasteiger partial charge < -0.3 is 25.2 Å². The molecule has 0 radical (unpaired) electrons. The summed E-state index contributed by atoms with van der Waals surface area (Å²) in [5.41, 5.74) is 0.176. The van der Waals surface area contributed by atoms with Crippen molar-refractivity contribution in [2.24, 2.45) is 0 Å². The van der Waals surface area contributed by atoms with Gasteiger partial charge in [0.25, 0.3) is 0 Å². The first-order chi connectivity index (χ1) is 9.97. The van der Waals surface area contributed by atoms with Gasteiger partial charge in [0.1, 0.15) is 12.3 Å². The summed E-state index contributed by atoms with van der Waals surface area (Å²) in [6, 6.07) is 3.35. The number of carbonyl (C=O) groups is 3. The summed E-state index contributed by atoms with van der Waals surface area (Å²) in [7, 11) is 1.39. The maximum absolute atomic E-state index is 11.6. The number of carboxylic acids is 1. The Hall–Kier alpha value is -2.77. The van der Waals surface area contributed by atoms with Crippen molar-refractivity contribution >= 4 is 23.7 Å². The number of nitrogens with one attached hydrogen (secondary N) is 2. The second kappa shape index (κ2) is 7.73. The lowest BCUT2D eigenvalue weighted by molar-refractivity contribution is -0.141. The number of hydrogen-bond acceptors (Lipinski definition) is 5. The van der Waals surface area contributed by atoms with Crippen LogP contribution in [0.2, 0.25) is 0 Å². The second-order valence-electron chi connectivity index (χ2n) is 3.83. The molecule has 0 aliphatic heterocycles. The Kier molecular flexibility index (Phi) is 5.99. The Labute approximate surface area is 121 Å². The first-order valence-corrected chi connectivity index (χ1v) is 6.09. The molecule has 0 aliphatic rings. The fourth-order valence-electron chi connectivity index (χ4n) is 1.47. The van der Waals surface area contributed by atoms with Crippen LogP contribution >= 0.6 is 0 Å². The number of amides is 2. The molecule has 2 amide bonds. The van der Waals surface area contributed by atoms with E-state index in [1.165, 1.54) is 25.3 Å². The highest BCUT2D eigenvalue weighted by atomic mass is 16.5. The number of aromatic carboxylic acids is 1. The van der Waals surface area contributed by atoms with E-state index in [-0.39, 0.29) is 24.4 Å². The van der Waals surface area contributed by atoms with E-state index in [0.29, 0.717) is 5.75 Å². The molecule has 0 saturated carbocycles. The zero-order valence-corrected chi connectivity index (χ0v) is 11.6. The summed E-state index contributed by atoms with van der Waals surface area (Å²) >= 11 is 0. The number of urea groups is 1. The van der Waals surface area contributed by atoms with E-state index in [1.807, 2.05) is 0 Å². The number of rotatable bonds is 6. The number of methoxy groups -OCH3 is 1. The van der Waals surface area contributed by atoms with Crippen molar-refractivity contribution in [1.29, 1.82) is 0 Å². The minimum absolute atomic E-state index is 0.00325. The normalized spacial score (nSPS) is 9.62. The summed E-state index contributed by atoms with van der Waals surface area (Å²) in [6.07, 6.45) is 0. The summed E-state index contributed by atoms with van der Waals surface area (Å²) < 4.78 is 9.67. The van der Waals surface area contributed by atoms with Gasteiger partial charge in [0.05, 0.1) is 25.0 Å². The smallest absolute Gasteiger partial charge is 0.335 e. The van der Waals surface area contributed by atoms with Crippen LogP contribution < -0.4 is 15.4 Å². The zero-order chi connectivity index (χ0) is 15.8. The predicted molar refractivity (Wildman–Crippen MR) is 73.6 cm³/mol. The third kappa shape index (κ3) is 5.01. The molecule has 0 unspecified atom stereocenters. The van der Waals surface area contributed by atoms with Crippen molar-refractivity contribution in [3.63, 3.8) is 0 Å². The van der Waals surface area contributed by atoms with Gasteiger partial charge in [-0.1, -0.05) is 0 Å². The molecule has 8 nitrogen and oxygen atoms in total. The Bertz CT molecular complexity index is 543. The highest BCUT2D eigenvalue weighted by Crippen LogP contribution is 2.25. The monoisotopic (exact) mass is 296 g/mol. The molecule has 114 valence electrons. The maximum atomic E-state index is 11.6. The number of anilines is 1. The van der Waals surface area contributed by atoms with Crippen molar-refractivity contribution in [2.45, 2.75) is 6.92 Å². The lowest BCUT2D eigenvalue weighted by Crippen LogP contribution is -2.34. The number of esters is 1. The topological polar surface area (TPSA) is 114 Å². The Balaban J connectivity index is 2.72. The molecule has 1 rings (SSSR count). The number of carbonyl (C=O) groups excluding carboxylic acids is 2. The molecule has 0 spiro atoms. The largest absolute Gasteiger partial charge is 0.495 e. The average molecular weight is 296 g/mol. The standard InChI is InChI=1S/C13H16N2O6/c1-3-21-11(16)7-14-13(19)15-9-6-8(12(17)18)4-5-10(9)20-2/h4-6H,3,7H2,1-2H3,(H,17,18)(H2,14,15,19). The van der Waals surface area contributed by atoms with E-state index >= 15 is 0 Å². The molecule has 8 heteroatoms. The van der Waals surface area contributed by atoms with Crippen LogP contribution in [0.1, 0.15) is 17.3 Å². The van der Waals surface area contributed by atoms with Crippen molar-refractivity contribution in [3.8, 4) is 5.75 Å². The first kappa shape index (κ1) is 16.3. The molecule has 0 heterocycles. The number of carboxylic acid groups (broad SMARTS) is 1. The third-order valence-electron chi connectivity index (χ3n) is 2.39. The van der Waals surface area contributed by atoms with E-state index in [9.17, 15) is 14.4 Å². The summed E-state index contributed by atoms with van der Waals surface area (Å²) in [5, 5.41) is 13.6. The Morgan fingerprint density at radius 2 is 2.00 bits per heavy atom. The van der Waals surface area contributed by atoms with Crippen molar-refractivity contribution in [1.82, 2.24) is 5.32 Å². The van der Waals surface area contributed by atoms with Gasteiger partial charge in [0, 0.05) is 0 Å². The SMILES string of the molecule is CCOC(=O)CNC(=O)Nc1cc(C(=O)O)ccc1OC. The number of hydrogen-bond donors (Lipinski definition) is 3. The zero-order valence-electron chi connectivity index (χ0n) is 11.6. The van der Waals surface area contributed by atoms with Crippen molar-refractivity contribution in [3.05, 3.63) is 23.8 Å². The minimum atomic E-state index is -1.13. The van der Waals surface area contributed by atoms with Gasteiger partial charge >= 0.3 is 18.0 Å². The van der Waals surface area contributed by atoms with Gasteiger partial charge in [-0.15, -0.1) is 0 Å². The quantitative estimate of drug-likeness (QED) is 0.677. The van der Waals surface area contributed by atoms with Crippen LogP contribution in [0.3, 0.4) is 0 Å². The lowest BCUT2D eigenvalue weighted by atomic mass is 10.2. The van der Waals surface area contributed by atoms with Gasteiger partial charge in [-0.25, -0.2) is 9.59 Å². The lowest BCUT2D eigenvalue weighted by Gasteiger charge is -2.11. The molecule has 1 aromatic rings. The van der Waals surface area contributed by atoms with E-state index < -0.39 is 18.0 Å². The van der Waals surface area contributed by atoms with E-state index in [2.05, 4.69) is 15.4 Å². The van der Waals surface area contributed by atoms with Crippen LogP contribution in [0.4, 0.5) is 10.5 Å². The molecule has 0 saturated heterocycles. The van der Waals surface area contributed by atoms with Crippen LogP contribution in [-0.2, 0) is 9.53 Å². The average Bonchev–Trinajstić information content (AvgIpc) is 2.45. The van der Waals surface area contributed by atoms with Gasteiger partial charge in [-0.2, -0.15) is 0 Å². The number of ether oxygens (including phenoxy) is 2. The molecule has 0 bridgehead atoms. The summed E-state index contributed by atoms with van der Waals surface area (Å²) in [5.74, 6) is -1.40. The second-order valence-corrected chi connectivity index (χ2v) is 3.83. The van der Waals surface area contributed by atoms with Crippen LogP contribution in [0.25, 0.3) is 0 Å². The summed E-state index contributed by atoms with van der Waals surface area (Å²) in [6.45, 7) is 1.58. The first-order valence-electron chi connectivity index (χ1n) is 6.09. The Morgan fingerprint density at radius 1 is 1.29 bits per heavy atom. The van der Waals surface area contributed by atoms with Crippen LogP contribution in [0.5, 0.6) is 5.75 Å².